The van der Waals surface area contributed by atoms with Crippen LogP contribution in [0.25, 0.3) is 10.9 Å². The van der Waals surface area contributed by atoms with Crippen molar-refractivity contribution in [1.82, 2.24) is 15.2 Å². The van der Waals surface area contributed by atoms with E-state index in [1.54, 1.807) is 30.5 Å². The third kappa shape index (κ3) is 5.75. The monoisotopic (exact) mass is 552 g/mol. The first-order valence-electron chi connectivity index (χ1n) is 12.5. The van der Waals surface area contributed by atoms with Gasteiger partial charge in [0.25, 0.3) is 0 Å². The number of aromatic nitrogens is 1. The highest BCUT2D eigenvalue weighted by Gasteiger charge is 2.40. The highest BCUT2D eigenvalue weighted by Crippen LogP contribution is 2.40. The molecule has 2 bridgehead atoms. The zero-order valence-electron chi connectivity index (χ0n) is 20.9. The summed E-state index contributed by atoms with van der Waals surface area (Å²) in [4.78, 5) is 19.8. The van der Waals surface area contributed by atoms with E-state index in [9.17, 15) is 31.1 Å². The number of methoxy groups -OCH3 is 1. The fraction of sp³-hybridized carbons (Fsp3) is 0.407. The van der Waals surface area contributed by atoms with Crippen LogP contribution in [-0.4, -0.2) is 42.2 Å². The van der Waals surface area contributed by atoms with Crippen LogP contribution in [0.15, 0.2) is 48.7 Å². The lowest BCUT2D eigenvalue weighted by Gasteiger charge is -2.48. The van der Waals surface area contributed by atoms with Gasteiger partial charge in [0, 0.05) is 23.3 Å². The van der Waals surface area contributed by atoms with Crippen molar-refractivity contribution in [3.8, 4) is 5.75 Å². The van der Waals surface area contributed by atoms with Crippen LogP contribution in [0.1, 0.15) is 42.0 Å². The minimum absolute atomic E-state index is 0.0222. The molecule has 208 valence electrons. The van der Waals surface area contributed by atoms with Gasteiger partial charge in [-0.3, -0.25) is 9.88 Å². The van der Waals surface area contributed by atoms with Crippen LogP contribution in [0.3, 0.4) is 0 Å². The van der Waals surface area contributed by atoms with E-state index in [4.69, 9.17) is 4.74 Å². The first-order chi connectivity index (χ1) is 18.4. The SMILES string of the molecule is COc1ccc2nccc(C(NC(=O)Nc3cc(C(F)(F)F)cc(C(F)(F)F)c3)[C@@H]3CC4CCN3CC4)c2c1. The fourth-order valence-corrected chi connectivity index (χ4v) is 5.62. The number of rotatable bonds is 5. The summed E-state index contributed by atoms with van der Waals surface area (Å²) in [6.45, 7) is 1.67. The molecule has 3 saturated heterocycles. The topological polar surface area (TPSA) is 66.5 Å². The van der Waals surface area contributed by atoms with Crippen molar-refractivity contribution in [3.05, 3.63) is 65.4 Å². The smallest absolute Gasteiger partial charge is 0.416 e. The van der Waals surface area contributed by atoms with Gasteiger partial charge in [-0.05, 0) is 86.3 Å². The summed E-state index contributed by atoms with van der Waals surface area (Å²) in [5.41, 5.74) is -2.24. The Hall–Kier alpha value is -3.54. The van der Waals surface area contributed by atoms with Crippen molar-refractivity contribution in [2.75, 3.05) is 25.5 Å². The molecule has 3 aliphatic rings. The zero-order valence-corrected chi connectivity index (χ0v) is 20.9. The lowest BCUT2D eigenvalue weighted by molar-refractivity contribution is -0.143. The number of fused-ring (bicyclic) bond motifs is 4. The maximum Gasteiger partial charge on any atom is 0.416 e. The Bertz CT molecular complexity index is 1340. The van der Waals surface area contributed by atoms with Crippen LogP contribution in [-0.2, 0) is 12.4 Å². The molecule has 1 unspecified atom stereocenters. The van der Waals surface area contributed by atoms with Crippen LogP contribution in [0.2, 0.25) is 0 Å². The third-order valence-electron chi connectivity index (χ3n) is 7.53. The summed E-state index contributed by atoms with van der Waals surface area (Å²) >= 11 is 0. The predicted octanol–water partition coefficient (Wildman–Crippen LogP) is 6.63. The number of hydrogen-bond acceptors (Lipinski definition) is 4. The molecular weight excluding hydrogens is 526 g/mol. The molecule has 0 saturated carbocycles. The van der Waals surface area contributed by atoms with Gasteiger partial charge in [0.2, 0.25) is 0 Å². The molecule has 3 aromatic rings. The van der Waals surface area contributed by atoms with Gasteiger partial charge in [-0.25, -0.2) is 4.79 Å². The molecule has 2 N–H and O–H groups in total. The van der Waals surface area contributed by atoms with E-state index in [1.807, 2.05) is 0 Å². The summed E-state index contributed by atoms with van der Waals surface area (Å²) in [6, 6.07) is 6.45. The van der Waals surface area contributed by atoms with Gasteiger partial charge in [0.15, 0.2) is 0 Å². The van der Waals surface area contributed by atoms with Gasteiger partial charge in [-0.1, -0.05) is 0 Å². The third-order valence-corrected chi connectivity index (χ3v) is 7.53. The molecule has 3 fully saturated rings. The normalized spacial score (nSPS) is 22.0. The number of ether oxygens (including phenoxy) is 1. The number of alkyl halides is 6. The number of urea groups is 1. The van der Waals surface area contributed by atoms with Crippen LogP contribution >= 0.6 is 0 Å². The summed E-state index contributed by atoms with van der Waals surface area (Å²) < 4.78 is 85.3. The zero-order chi connectivity index (χ0) is 27.9. The number of amides is 2. The highest BCUT2D eigenvalue weighted by molar-refractivity contribution is 5.91. The molecule has 0 spiro atoms. The molecular formula is C27H26F6N4O2. The van der Waals surface area contributed by atoms with E-state index in [1.165, 1.54) is 7.11 Å². The molecule has 6 nitrogen and oxygen atoms in total. The molecule has 2 atom stereocenters. The minimum Gasteiger partial charge on any atom is -0.497 e. The van der Waals surface area contributed by atoms with Crippen LogP contribution < -0.4 is 15.4 Å². The Morgan fingerprint density at radius 2 is 1.67 bits per heavy atom. The number of carbonyl (C=O) groups is 1. The number of carbonyl (C=O) groups excluding carboxylic acids is 1. The van der Waals surface area contributed by atoms with Gasteiger partial charge in [-0.15, -0.1) is 0 Å². The molecule has 2 amide bonds. The number of nitrogens with one attached hydrogen (secondary N) is 2. The largest absolute Gasteiger partial charge is 0.497 e. The van der Waals surface area contributed by atoms with Crippen molar-refractivity contribution < 1.29 is 35.9 Å². The first-order valence-corrected chi connectivity index (χ1v) is 12.5. The number of pyridine rings is 1. The average Bonchev–Trinajstić information content (AvgIpc) is 2.90. The molecule has 12 heteroatoms. The Kier molecular flexibility index (Phi) is 7.08. The number of anilines is 1. The number of nitrogens with zero attached hydrogens (tertiary/aromatic N) is 2. The van der Waals surface area contributed by atoms with Crippen LogP contribution in [0.4, 0.5) is 36.8 Å². The summed E-state index contributed by atoms with van der Waals surface area (Å²) in [6.07, 6.45) is -5.59. The van der Waals surface area contributed by atoms with Crippen molar-refractivity contribution >= 4 is 22.6 Å². The Labute approximate surface area is 220 Å². The number of piperidine rings is 3. The van der Waals surface area contributed by atoms with E-state index in [2.05, 4.69) is 20.5 Å². The van der Waals surface area contributed by atoms with E-state index in [0.717, 1.165) is 43.3 Å². The molecule has 6 rings (SSSR count). The number of benzene rings is 2. The summed E-state index contributed by atoms with van der Waals surface area (Å²) in [5, 5.41) is 5.80. The quantitative estimate of drug-likeness (QED) is 0.349. The van der Waals surface area contributed by atoms with Crippen molar-refractivity contribution in [3.63, 3.8) is 0 Å². The first kappa shape index (κ1) is 27.0. The molecule has 2 aromatic carbocycles. The van der Waals surface area contributed by atoms with Gasteiger partial charge in [0.05, 0.1) is 29.8 Å². The second-order valence-electron chi connectivity index (χ2n) is 9.94. The maximum absolute atomic E-state index is 13.3. The molecule has 39 heavy (non-hydrogen) atoms. The standard InChI is InChI=1S/C27H26F6N4O2/c1-39-19-2-3-22-21(14-19)20(4-7-34-22)24(23-10-15-5-8-37(23)9-6-15)36-25(38)35-18-12-16(26(28,29)30)11-17(13-18)27(31,32)33/h2-4,7,11-15,23-24H,5-6,8-10H2,1H3,(H2,35,36,38)/t23-,24?/m0/s1. The Balaban J connectivity index is 1.50. The Morgan fingerprint density at radius 3 is 2.23 bits per heavy atom. The molecule has 3 aliphatic heterocycles. The molecule has 0 radical (unpaired) electrons. The van der Waals surface area contributed by atoms with E-state index in [0.29, 0.717) is 29.3 Å². The second-order valence-corrected chi connectivity index (χ2v) is 9.94. The van der Waals surface area contributed by atoms with Gasteiger partial charge >= 0.3 is 18.4 Å². The average molecular weight is 553 g/mol. The maximum atomic E-state index is 13.3. The Morgan fingerprint density at radius 1 is 1.00 bits per heavy atom. The lowest BCUT2D eigenvalue weighted by atomic mass is 9.78. The predicted molar refractivity (Wildman–Crippen MR) is 132 cm³/mol. The molecule has 1 aromatic heterocycles. The number of halogens is 6. The van der Waals surface area contributed by atoms with Crippen molar-refractivity contribution in [2.24, 2.45) is 5.92 Å². The van der Waals surface area contributed by atoms with E-state index >= 15 is 0 Å². The summed E-state index contributed by atoms with van der Waals surface area (Å²) in [5.74, 6) is 1.04. The van der Waals surface area contributed by atoms with Crippen molar-refractivity contribution in [1.29, 1.82) is 0 Å². The van der Waals surface area contributed by atoms with Gasteiger partial charge in [0.1, 0.15) is 5.75 Å². The minimum atomic E-state index is -5.03. The number of hydrogen-bond donors (Lipinski definition) is 2. The highest BCUT2D eigenvalue weighted by atomic mass is 19.4. The lowest BCUT2D eigenvalue weighted by Crippen LogP contribution is -2.55. The van der Waals surface area contributed by atoms with Crippen LogP contribution in [0, 0.1) is 5.92 Å². The van der Waals surface area contributed by atoms with E-state index < -0.39 is 41.2 Å². The molecule has 0 aliphatic carbocycles. The van der Waals surface area contributed by atoms with Gasteiger partial charge in [-0.2, -0.15) is 26.3 Å². The van der Waals surface area contributed by atoms with Gasteiger partial charge < -0.3 is 15.4 Å². The summed E-state index contributed by atoms with van der Waals surface area (Å²) in [7, 11) is 1.52. The van der Waals surface area contributed by atoms with E-state index in [-0.39, 0.29) is 12.1 Å². The van der Waals surface area contributed by atoms with Crippen molar-refractivity contribution in [2.45, 2.75) is 43.7 Å². The fourth-order valence-electron chi connectivity index (χ4n) is 5.62. The molecule has 4 heterocycles. The second kappa shape index (κ2) is 10.2. The van der Waals surface area contributed by atoms with Crippen LogP contribution in [0.5, 0.6) is 5.75 Å².